The summed E-state index contributed by atoms with van der Waals surface area (Å²) >= 11 is 0. The second-order valence-electron chi connectivity index (χ2n) is 5.42. The van der Waals surface area contributed by atoms with Crippen molar-refractivity contribution < 1.29 is 9.90 Å². The van der Waals surface area contributed by atoms with Crippen LogP contribution in [0, 0.1) is 0 Å². The lowest BCUT2D eigenvalue weighted by Gasteiger charge is -2.08. The smallest absolute Gasteiger partial charge is 0.303 e. The molecular weight excluding hydrogens is 302 g/mol. The van der Waals surface area contributed by atoms with Crippen molar-refractivity contribution in [1.82, 2.24) is 15.0 Å². The minimum Gasteiger partial charge on any atom is -0.481 e. The number of carboxylic acids is 1. The van der Waals surface area contributed by atoms with E-state index in [1.54, 1.807) is 12.4 Å². The molecule has 0 radical (unpaired) electrons. The zero-order valence-electron chi connectivity index (χ0n) is 13.1. The molecule has 0 saturated carbocycles. The molecule has 0 unspecified atom stereocenters. The summed E-state index contributed by atoms with van der Waals surface area (Å²) in [6, 6.07) is 15.3. The number of aryl methyl sites for hydroxylation is 1. The first-order chi connectivity index (χ1) is 11.7. The maximum absolute atomic E-state index is 10.7. The molecule has 0 amide bonds. The maximum atomic E-state index is 10.7. The number of aliphatic carboxylic acids is 1. The molecule has 3 heterocycles. The Balaban J connectivity index is 1.98. The molecule has 120 valence electrons. The second kappa shape index (κ2) is 7.46. The van der Waals surface area contributed by atoms with E-state index in [0.717, 1.165) is 28.3 Å². The molecule has 24 heavy (non-hydrogen) atoms. The van der Waals surface area contributed by atoms with Gasteiger partial charge in [0.05, 0.1) is 22.8 Å². The Kier molecular flexibility index (Phi) is 4.91. The van der Waals surface area contributed by atoms with Crippen LogP contribution in [0.15, 0.2) is 60.9 Å². The fourth-order valence-electron chi connectivity index (χ4n) is 2.47. The summed E-state index contributed by atoms with van der Waals surface area (Å²) in [6.07, 6.45) is 4.88. The fraction of sp³-hybridized carbons (Fsp3) is 0.158. The summed E-state index contributed by atoms with van der Waals surface area (Å²) in [5, 5.41) is 8.82. The van der Waals surface area contributed by atoms with Crippen molar-refractivity contribution >= 4 is 5.97 Å². The van der Waals surface area contributed by atoms with Crippen LogP contribution in [-0.4, -0.2) is 26.0 Å². The molecule has 5 nitrogen and oxygen atoms in total. The number of hydrogen-bond acceptors (Lipinski definition) is 4. The molecule has 3 aromatic rings. The van der Waals surface area contributed by atoms with E-state index in [1.807, 2.05) is 48.5 Å². The van der Waals surface area contributed by atoms with Crippen molar-refractivity contribution in [2.45, 2.75) is 19.3 Å². The lowest BCUT2D eigenvalue weighted by atomic mass is 10.0. The molecule has 0 spiro atoms. The first-order valence-electron chi connectivity index (χ1n) is 7.78. The quantitative estimate of drug-likeness (QED) is 0.751. The van der Waals surface area contributed by atoms with Gasteiger partial charge < -0.3 is 5.11 Å². The molecule has 3 aromatic heterocycles. The number of rotatable bonds is 6. The lowest BCUT2D eigenvalue weighted by molar-refractivity contribution is -0.137. The van der Waals surface area contributed by atoms with Crippen LogP contribution in [0.4, 0.5) is 0 Å². The highest BCUT2D eigenvalue weighted by Gasteiger charge is 2.09. The topological polar surface area (TPSA) is 76.0 Å². The molecule has 0 aliphatic carbocycles. The third-order valence-corrected chi connectivity index (χ3v) is 3.60. The Morgan fingerprint density at radius 1 is 0.875 bits per heavy atom. The molecule has 0 aliphatic heterocycles. The molecule has 0 bridgehead atoms. The Morgan fingerprint density at radius 2 is 1.46 bits per heavy atom. The van der Waals surface area contributed by atoms with Gasteiger partial charge in [0.25, 0.3) is 0 Å². The maximum Gasteiger partial charge on any atom is 0.303 e. The van der Waals surface area contributed by atoms with Gasteiger partial charge >= 0.3 is 5.97 Å². The number of hydrogen-bond donors (Lipinski definition) is 1. The van der Waals surface area contributed by atoms with Crippen LogP contribution in [0.3, 0.4) is 0 Å². The van der Waals surface area contributed by atoms with E-state index in [1.165, 1.54) is 0 Å². The third kappa shape index (κ3) is 4.01. The van der Waals surface area contributed by atoms with E-state index in [2.05, 4.69) is 15.0 Å². The van der Waals surface area contributed by atoms with Crippen LogP contribution in [0.25, 0.3) is 22.8 Å². The molecule has 0 fully saturated rings. The molecule has 1 N–H and O–H groups in total. The van der Waals surface area contributed by atoms with Crippen LogP contribution in [0.2, 0.25) is 0 Å². The van der Waals surface area contributed by atoms with Crippen molar-refractivity contribution in [3.05, 3.63) is 66.5 Å². The van der Waals surface area contributed by atoms with E-state index in [4.69, 9.17) is 5.11 Å². The van der Waals surface area contributed by atoms with Gasteiger partial charge in [-0.05, 0) is 54.8 Å². The van der Waals surface area contributed by atoms with Gasteiger partial charge in [-0.25, -0.2) is 4.98 Å². The van der Waals surface area contributed by atoms with Crippen molar-refractivity contribution in [2.24, 2.45) is 0 Å². The SMILES string of the molecule is O=C(O)CCCc1cc(-c2ccccn2)nc(-c2ccccn2)c1. The van der Waals surface area contributed by atoms with Gasteiger partial charge in [-0.2, -0.15) is 0 Å². The van der Waals surface area contributed by atoms with Crippen LogP contribution in [0.1, 0.15) is 18.4 Å². The molecular formula is C19H17N3O2. The Hall–Kier alpha value is -3.08. The number of aromatic nitrogens is 3. The van der Waals surface area contributed by atoms with Crippen LogP contribution in [0.5, 0.6) is 0 Å². The van der Waals surface area contributed by atoms with Gasteiger partial charge in [-0.1, -0.05) is 12.1 Å². The zero-order chi connectivity index (χ0) is 16.8. The van der Waals surface area contributed by atoms with Gasteiger partial charge in [-0.3, -0.25) is 14.8 Å². The normalized spacial score (nSPS) is 10.5. The van der Waals surface area contributed by atoms with Crippen molar-refractivity contribution in [3.8, 4) is 22.8 Å². The van der Waals surface area contributed by atoms with Gasteiger partial charge in [0.15, 0.2) is 0 Å². The third-order valence-electron chi connectivity index (χ3n) is 3.60. The lowest BCUT2D eigenvalue weighted by Crippen LogP contribution is -1.98. The summed E-state index contributed by atoms with van der Waals surface area (Å²) < 4.78 is 0. The summed E-state index contributed by atoms with van der Waals surface area (Å²) in [5.74, 6) is -0.779. The molecule has 5 heteroatoms. The predicted octanol–water partition coefficient (Wildman–Crippen LogP) is 3.61. The minimum atomic E-state index is -0.779. The first-order valence-corrected chi connectivity index (χ1v) is 7.78. The molecule has 0 aliphatic rings. The number of carboxylic acid groups (broad SMARTS) is 1. The van der Waals surface area contributed by atoms with Crippen LogP contribution in [-0.2, 0) is 11.2 Å². The molecule has 0 aromatic carbocycles. The van der Waals surface area contributed by atoms with Gasteiger partial charge in [-0.15, -0.1) is 0 Å². The number of carbonyl (C=O) groups is 1. The Bertz CT molecular complexity index is 763. The van der Waals surface area contributed by atoms with Gasteiger partial charge in [0.2, 0.25) is 0 Å². The van der Waals surface area contributed by atoms with E-state index in [9.17, 15) is 4.79 Å². The highest BCUT2D eigenvalue weighted by atomic mass is 16.4. The highest BCUT2D eigenvalue weighted by Crippen LogP contribution is 2.23. The average molecular weight is 319 g/mol. The van der Waals surface area contributed by atoms with Crippen molar-refractivity contribution in [2.75, 3.05) is 0 Å². The predicted molar refractivity (Wildman–Crippen MR) is 91.3 cm³/mol. The standard InChI is InChI=1S/C19H17N3O2/c23-19(24)9-5-6-14-12-17(15-7-1-3-10-20-15)22-18(13-14)16-8-2-4-11-21-16/h1-4,7-8,10-13H,5-6,9H2,(H,23,24). The van der Waals surface area contributed by atoms with E-state index in [0.29, 0.717) is 12.8 Å². The Labute approximate surface area is 140 Å². The average Bonchev–Trinajstić information content (AvgIpc) is 2.63. The van der Waals surface area contributed by atoms with E-state index >= 15 is 0 Å². The van der Waals surface area contributed by atoms with E-state index < -0.39 is 5.97 Å². The minimum absolute atomic E-state index is 0.153. The van der Waals surface area contributed by atoms with Crippen molar-refractivity contribution in [1.29, 1.82) is 0 Å². The van der Waals surface area contributed by atoms with Crippen LogP contribution < -0.4 is 0 Å². The zero-order valence-corrected chi connectivity index (χ0v) is 13.1. The first kappa shape index (κ1) is 15.8. The molecule has 0 saturated heterocycles. The largest absolute Gasteiger partial charge is 0.481 e. The van der Waals surface area contributed by atoms with Gasteiger partial charge in [0, 0.05) is 18.8 Å². The monoisotopic (exact) mass is 319 g/mol. The van der Waals surface area contributed by atoms with Crippen molar-refractivity contribution in [3.63, 3.8) is 0 Å². The molecule has 3 rings (SSSR count). The number of pyridine rings is 3. The van der Waals surface area contributed by atoms with E-state index in [-0.39, 0.29) is 6.42 Å². The molecule has 0 atom stereocenters. The summed E-state index contributed by atoms with van der Waals surface area (Å²) in [6.45, 7) is 0. The summed E-state index contributed by atoms with van der Waals surface area (Å²) in [4.78, 5) is 24.1. The number of nitrogens with zero attached hydrogens (tertiary/aromatic N) is 3. The second-order valence-corrected chi connectivity index (χ2v) is 5.42. The Morgan fingerprint density at radius 3 is 1.92 bits per heavy atom. The van der Waals surface area contributed by atoms with Crippen LogP contribution >= 0.6 is 0 Å². The summed E-state index contributed by atoms with van der Waals surface area (Å²) in [5.41, 5.74) is 4.14. The highest BCUT2D eigenvalue weighted by molar-refractivity contribution is 5.67. The summed E-state index contributed by atoms with van der Waals surface area (Å²) in [7, 11) is 0. The fourth-order valence-corrected chi connectivity index (χ4v) is 2.47. The van der Waals surface area contributed by atoms with Gasteiger partial charge in [0.1, 0.15) is 0 Å².